The van der Waals surface area contributed by atoms with Gasteiger partial charge in [-0.15, -0.1) is 0 Å². The van der Waals surface area contributed by atoms with Crippen LogP contribution in [0.3, 0.4) is 0 Å². The molecule has 3 aromatic rings. The molecule has 2 N–H and O–H groups in total. The second-order valence-electron chi connectivity index (χ2n) is 8.17. The van der Waals surface area contributed by atoms with Gasteiger partial charge in [0.15, 0.2) is 0 Å². The molecular weight excluding hydrogens is 402 g/mol. The number of carbonyl (C=O) groups excluding carboxylic acids is 1. The van der Waals surface area contributed by atoms with Crippen LogP contribution in [0.1, 0.15) is 49.1 Å². The minimum Gasteiger partial charge on any atom is -0.481 e. The summed E-state index contributed by atoms with van der Waals surface area (Å²) in [5.41, 5.74) is 1.56. The van der Waals surface area contributed by atoms with Crippen molar-refractivity contribution in [1.82, 2.24) is 14.7 Å². The van der Waals surface area contributed by atoms with E-state index >= 15 is 0 Å². The number of nitrogens with one attached hydrogen (secondary N) is 2. The van der Waals surface area contributed by atoms with E-state index in [-0.39, 0.29) is 4.90 Å². The Balaban J connectivity index is 1.48. The summed E-state index contributed by atoms with van der Waals surface area (Å²) in [6.45, 7) is 0. The fraction of sp³-hybridized carbons (Fsp3) is 0.364. The molecule has 1 amide bonds. The van der Waals surface area contributed by atoms with Crippen LogP contribution < -0.4 is 9.46 Å². The molecule has 30 heavy (non-hydrogen) atoms. The zero-order chi connectivity index (χ0) is 20.9. The minimum atomic E-state index is -4.03. The molecule has 0 aliphatic heterocycles. The van der Waals surface area contributed by atoms with Gasteiger partial charge >= 0.3 is 0 Å². The molecule has 2 fully saturated rings. The highest BCUT2D eigenvalue weighted by Gasteiger charge is 2.54. The number of ether oxygens (including phenoxy) is 1. The number of hydrogen-bond acceptors (Lipinski definition) is 5. The maximum absolute atomic E-state index is 13.2. The lowest BCUT2D eigenvalue weighted by Gasteiger charge is -2.27. The van der Waals surface area contributed by atoms with Crippen LogP contribution in [-0.2, 0) is 20.2 Å². The molecule has 8 heteroatoms. The fourth-order valence-corrected chi connectivity index (χ4v) is 5.52. The fourth-order valence-electron chi connectivity index (χ4n) is 4.25. The first kappa shape index (κ1) is 19.1. The lowest BCUT2D eigenvalue weighted by atomic mass is 9.79. The highest BCUT2D eigenvalue weighted by molar-refractivity contribution is 7.90. The number of sulfonamides is 1. The van der Waals surface area contributed by atoms with Gasteiger partial charge in [-0.3, -0.25) is 4.79 Å². The maximum Gasteiger partial charge on any atom is 0.264 e. The van der Waals surface area contributed by atoms with Gasteiger partial charge in [-0.2, -0.15) is 0 Å². The van der Waals surface area contributed by atoms with E-state index in [1.165, 1.54) is 19.6 Å². The van der Waals surface area contributed by atoms with Crippen molar-refractivity contribution in [2.45, 2.75) is 48.3 Å². The van der Waals surface area contributed by atoms with Crippen molar-refractivity contribution >= 4 is 26.8 Å². The second kappa shape index (κ2) is 6.84. The molecule has 2 aliphatic rings. The molecule has 1 aromatic carbocycles. The summed E-state index contributed by atoms with van der Waals surface area (Å²) in [6, 6.07) is 8.63. The molecule has 2 heterocycles. The zero-order valence-electron chi connectivity index (χ0n) is 16.6. The molecule has 0 unspecified atom stereocenters. The smallest absolute Gasteiger partial charge is 0.264 e. The summed E-state index contributed by atoms with van der Waals surface area (Å²) in [5, 5.41) is 0.550. The zero-order valence-corrected chi connectivity index (χ0v) is 17.5. The number of aromatic amines is 1. The summed E-state index contributed by atoms with van der Waals surface area (Å²) in [4.78, 5) is 20.7. The Kier molecular flexibility index (Phi) is 4.36. The highest BCUT2D eigenvalue weighted by atomic mass is 32.2. The normalized spacial score (nSPS) is 18.0. The number of hydrogen-bond donors (Lipinski definition) is 2. The van der Waals surface area contributed by atoms with Crippen molar-refractivity contribution in [1.29, 1.82) is 0 Å². The molecule has 2 saturated carbocycles. The number of amides is 1. The van der Waals surface area contributed by atoms with Crippen molar-refractivity contribution < 1.29 is 17.9 Å². The van der Waals surface area contributed by atoms with Crippen LogP contribution in [0.25, 0.3) is 10.9 Å². The van der Waals surface area contributed by atoms with Gasteiger partial charge in [0.05, 0.1) is 17.4 Å². The van der Waals surface area contributed by atoms with Crippen molar-refractivity contribution in [2.75, 3.05) is 7.11 Å². The summed E-state index contributed by atoms with van der Waals surface area (Å²) in [6.07, 6.45) is 8.04. The number of pyridine rings is 1. The van der Waals surface area contributed by atoms with Crippen LogP contribution in [0.15, 0.2) is 47.6 Å². The number of carbonyl (C=O) groups is 1. The van der Waals surface area contributed by atoms with Gasteiger partial charge < -0.3 is 9.72 Å². The number of H-pyrrole nitrogens is 1. The van der Waals surface area contributed by atoms with Gasteiger partial charge in [-0.1, -0.05) is 12.5 Å². The predicted molar refractivity (Wildman–Crippen MR) is 112 cm³/mol. The Morgan fingerprint density at radius 3 is 2.73 bits per heavy atom. The second-order valence-corrected chi connectivity index (χ2v) is 9.82. The minimum absolute atomic E-state index is 0.0821. The molecule has 0 radical (unpaired) electrons. The highest BCUT2D eigenvalue weighted by Crippen LogP contribution is 2.52. The molecule has 2 aliphatic carbocycles. The third kappa shape index (κ3) is 2.98. The summed E-state index contributed by atoms with van der Waals surface area (Å²) in [7, 11) is -2.51. The van der Waals surface area contributed by atoms with E-state index in [9.17, 15) is 13.2 Å². The number of methoxy groups -OCH3 is 1. The van der Waals surface area contributed by atoms with Gasteiger partial charge in [0, 0.05) is 28.9 Å². The quantitative estimate of drug-likeness (QED) is 0.631. The van der Waals surface area contributed by atoms with Crippen LogP contribution in [-0.4, -0.2) is 31.4 Å². The van der Waals surface area contributed by atoms with E-state index in [0.717, 1.165) is 18.4 Å². The number of nitrogens with zero attached hydrogens (tertiary/aromatic N) is 1. The van der Waals surface area contributed by atoms with Crippen LogP contribution in [0.2, 0.25) is 0 Å². The molecular formula is C22H23N3O4S. The van der Waals surface area contributed by atoms with E-state index in [4.69, 9.17) is 4.74 Å². The van der Waals surface area contributed by atoms with Gasteiger partial charge in [0.25, 0.3) is 10.0 Å². The van der Waals surface area contributed by atoms with Crippen molar-refractivity contribution in [2.24, 2.45) is 0 Å². The molecule has 156 valence electrons. The first-order valence-electron chi connectivity index (χ1n) is 10.1. The largest absolute Gasteiger partial charge is 0.481 e. The molecule has 7 nitrogen and oxygen atoms in total. The van der Waals surface area contributed by atoms with Gasteiger partial charge in [0.2, 0.25) is 11.8 Å². The average Bonchev–Trinajstić information content (AvgIpc) is 3.36. The van der Waals surface area contributed by atoms with Crippen LogP contribution in [0, 0.1) is 0 Å². The van der Waals surface area contributed by atoms with Gasteiger partial charge in [-0.25, -0.2) is 18.1 Å². The van der Waals surface area contributed by atoms with Crippen LogP contribution >= 0.6 is 0 Å². The molecule has 2 aromatic heterocycles. The van der Waals surface area contributed by atoms with E-state index < -0.39 is 21.3 Å². The summed E-state index contributed by atoms with van der Waals surface area (Å²) >= 11 is 0. The van der Waals surface area contributed by atoms with E-state index in [1.54, 1.807) is 24.4 Å². The number of rotatable bonds is 6. The first-order chi connectivity index (χ1) is 14.4. The third-order valence-corrected chi connectivity index (χ3v) is 7.80. The lowest BCUT2D eigenvalue weighted by Crippen LogP contribution is -2.39. The number of fused-ring (bicyclic) bond motifs is 1. The maximum atomic E-state index is 13.2. The van der Waals surface area contributed by atoms with Gasteiger partial charge in [-0.05, 0) is 61.4 Å². The first-order valence-corrected chi connectivity index (χ1v) is 11.6. The number of aromatic nitrogens is 2. The topological polar surface area (TPSA) is 101 Å². The van der Waals surface area contributed by atoms with E-state index in [0.29, 0.717) is 41.1 Å². The standard InChI is InChI=1S/C22H23N3O4S/c1-29-20-17(12-15(13-24-20)14-4-2-5-14)22(9-10-22)21(26)25-30(27,28)19-7-3-6-18-16(19)8-11-23-18/h3,6-8,11-14,23H,2,4-5,9-10H2,1H3,(H,25,26). The summed E-state index contributed by atoms with van der Waals surface area (Å²) < 4.78 is 33.9. The van der Waals surface area contributed by atoms with Crippen molar-refractivity contribution in [3.8, 4) is 5.88 Å². The molecule has 0 bridgehead atoms. The molecule has 0 saturated heterocycles. The average molecular weight is 426 g/mol. The SMILES string of the molecule is COc1ncc(C2CCC2)cc1C1(C(=O)NS(=O)(=O)c2cccc3[nH]ccc23)CC1. The van der Waals surface area contributed by atoms with E-state index in [1.807, 2.05) is 12.3 Å². The molecule has 0 atom stereocenters. The van der Waals surface area contributed by atoms with Gasteiger partial charge in [0.1, 0.15) is 0 Å². The third-order valence-electron chi connectivity index (χ3n) is 6.41. The number of benzene rings is 1. The Morgan fingerprint density at radius 1 is 1.27 bits per heavy atom. The monoisotopic (exact) mass is 425 g/mol. The lowest BCUT2D eigenvalue weighted by molar-refractivity contribution is -0.121. The van der Waals surface area contributed by atoms with Crippen molar-refractivity contribution in [3.63, 3.8) is 0 Å². The Labute approximate surface area is 174 Å². The summed E-state index contributed by atoms with van der Waals surface area (Å²) in [5.74, 6) is 0.313. The Hall–Kier alpha value is -2.87. The predicted octanol–water partition coefficient (Wildman–Crippen LogP) is 3.38. The van der Waals surface area contributed by atoms with Crippen LogP contribution in [0.5, 0.6) is 5.88 Å². The Morgan fingerprint density at radius 2 is 2.07 bits per heavy atom. The van der Waals surface area contributed by atoms with E-state index in [2.05, 4.69) is 14.7 Å². The molecule has 0 spiro atoms. The molecule has 5 rings (SSSR count). The van der Waals surface area contributed by atoms with Crippen molar-refractivity contribution in [3.05, 3.63) is 53.9 Å². The van der Waals surface area contributed by atoms with Crippen LogP contribution in [0.4, 0.5) is 0 Å². The Bertz CT molecular complexity index is 1240.